The largest absolute Gasteiger partial charge is 0.379 e. The molecule has 1 atom stereocenters. The van der Waals surface area contributed by atoms with E-state index in [1.165, 1.54) is 5.56 Å². The number of rotatable bonds is 7. The normalized spacial score (nSPS) is 13.6. The molecule has 1 rings (SSSR count). The second kappa shape index (κ2) is 7.22. The van der Waals surface area contributed by atoms with Crippen molar-refractivity contribution in [2.24, 2.45) is 0 Å². The summed E-state index contributed by atoms with van der Waals surface area (Å²) in [5, 5.41) is 3.52. The molecule has 0 amide bonds. The molecule has 4 heteroatoms. The number of likely N-dealkylation sites (N-methyl/N-ethyl adjacent to an activating group) is 1. The summed E-state index contributed by atoms with van der Waals surface area (Å²) in [6.07, 6.45) is 5.68. The molecule has 0 spiro atoms. The van der Waals surface area contributed by atoms with Gasteiger partial charge in [-0.15, -0.1) is 0 Å². The first kappa shape index (κ1) is 15.6. The molecular formula is C14H23BrN2O. The summed E-state index contributed by atoms with van der Waals surface area (Å²) < 4.78 is 6.54. The number of halogens is 1. The lowest BCUT2D eigenvalue weighted by Crippen LogP contribution is -2.39. The number of nitrogens with zero attached hydrogens (tertiary/aromatic N) is 1. The van der Waals surface area contributed by atoms with Crippen LogP contribution < -0.4 is 5.32 Å². The van der Waals surface area contributed by atoms with E-state index in [0.717, 1.165) is 23.9 Å². The summed E-state index contributed by atoms with van der Waals surface area (Å²) in [4.78, 5) is 4.21. The van der Waals surface area contributed by atoms with Crippen LogP contribution in [0.3, 0.4) is 0 Å². The molecular weight excluding hydrogens is 292 g/mol. The summed E-state index contributed by atoms with van der Waals surface area (Å²) in [6, 6.07) is 2.53. The van der Waals surface area contributed by atoms with Crippen molar-refractivity contribution in [3.63, 3.8) is 0 Å². The van der Waals surface area contributed by atoms with Crippen molar-refractivity contribution < 1.29 is 4.74 Å². The molecule has 18 heavy (non-hydrogen) atoms. The molecule has 0 aliphatic carbocycles. The molecule has 3 nitrogen and oxygen atoms in total. The first-order valence-electron chi connectivity index (χ1n) is 6.35. The number of pyridine rings is 1. The van der Waals surface area contributed by atoms with Crippen molar-refractivity contribution >= 4 is 15.9 Å². The van der Waals surface area contributed by atoms with Crippen LogP contribution in [0.1, 0.15) is 32.8 Å². The van der Waals surface area contributed by atoms with Gasteiger partial charge in [-0.1, -0.05) is 6.92 Å². The predicted octanol–water partition coefficient (Wildman–Crippen LogP) is 3.18. The van der Waals surface area contributed by atoms with Crippen LogP contribution in [0.15, 0.2) is 22.9 Å². The van der Waals surface area contributed by atoms with Crippen LogP contribution in [0, 0.1) is 0 Å². The minimum atomic E-state index is -0.105. The molecule has 0 aliphatic heterocycles. The van der Waals surface area contributed by atoms with Gasteiger partial charge in [0.2, 0.25) is 0 Å². The Morgan fingerprint density at radius 3 is 2.72 bits per heavy atom. The number of ether oxygens (including phenoxy) is 1. The van der Waals surface area contributed by atoms with Gasteiger partial charge in [0.15, 0.2) is 0 Å². The van der Waals surface area contributed by atoms with Crippen molar-refractivity contribution in [2.75, 3.05) is 13.7 Å². The lowest BCUT2D eigenvalue weighted by atomic mass is 9.94. The third-order valence-corrected chi connectivity index (χ3v) is 3.46. The second-order valence-electron chi connectivity index (χ2n) is 5.14. The molecule has 0 saturated carbocycles. The molecule has 1 aromatic rings. The Bertz CT molecular complexity index is 369. The number of hydrogen-bond acceptors (Lipinski definition) is 3. The Hall–Kier alpha value is -0.450. The summed E-state index contributed by atoms with van der Waals surface area (Å²) >= 11 is 3.46. The van der Waals surface area contributed by atoms with Crippen LogP contribution in [0.25, 0.3) is 0 Å². The van der Waals surface area contributed by atoms with Gasteiger partial charge < -0.3 is 10.1 Å². The van der Waals surface area contributed by atoms with E-state index in [4.69, 9.17) is 4.74 Å². The molecule has 1 N–H and O–H groups in total. The molecule has 1 heterocycles. The van der Waals surface area contributed by atoms with Crippen LogP contribution >= 0.6 is 15.9 Å². The lowest BCUT2D eigenvalue weighted by Gasteiger charge is -2.29. The highest BCUT2D eigenvalue weighted by molar-refractivity contribution is 9.10. The summed E-state index contributed by atoms with van der Waals surface area (Å²) in [5.74, 6) is 0. The monoisotopic (exact) mass is 314 g/mol. The van der Waals surface area contributed by atoms with E-state index < -0.39 is 0 Å². The third kappa shape index (κ3) is 5.46. The third-order valence-electron chi connectivity index (χ3n) is 3.03. The number of aromatic nitrogens is 1. The zero-order valence-corrected chi connectivity index (χ0v) is 13.3. The van der Waals surface area contributed by atoms with E-state index in [9.17, 15) is 0 Å². The highest BCUT2D eigenvalue weighted by atomic mass is 79.9. The van der Waals surface area contributed by atoms with Crippen LogP contribution in [0.4, 0.5) is 0 Å². The summed E-state index contributed by atoms with van der Waals surface area (Å²) in [5.41, 5.74) is 1.13. The topological polar surface area (TPSA) is 34.2 Å². The van der Waals surface area contributed by atoms with Gasteiger partial charge in [-0.3, -0.25) is 4.98 Å². The fourth-order valence-electron chi connectivity index (χ4n) is 2.03. The second-order valence-corrected chi connectivity index (χ2v) is 6.05. The lowest BCUT2D eigenvalue weighted by molar-refractivity contribution is 0.00726. The maximum Gasteiger partial charge on any atom is 0.0637 e. The van der Waals surface area contributed by atoms with Gasteiger partial charge in [0.25, 0.3) is 0 Å². The molecule has 1 aromatic heterocycles. The van der Waals surface area contributed by atoms with Crippen molar-refractivity contribution in [3.8, 4) is 0 Å². The Labute approximate surface area is 118 Å². The van der Waals surface area contributed by atoms with Crippen molar-refractivity contribution in [1.29, 1.82) is 0 Å². The molecule has 0 fully saturated rings. The van der Waals surface area contributed by atoms with Crippen LogP contribution in [-0.2, 0) is 11.2 Å². The fraction of sp³-hybridized carbons (Fsp3) is 0.643. The Balaban J connectivity index is 2.68. The molecule has 0 aliphatic rings. The molecule has 102 valence electrons. The quantitative estimate of drug-likeness (QED) is 0.839. The summed E-state index contributed by atoms with van der Waals surface area (Å²) in [7, 11) is 1.77. The van der Waals surface area contributed by atoms with Gasteiger partial charge in [0.1, 0.15) is 0 Å². The highest BCUT2D eigenvalue weighted by Crippen LogP contribution is 2.19. The van der Waals surface area contributed by atoms with Crippen molar-refractivity contribution in [2.45, 2.75) is 45.3 Å². The molecule has 1 unspecified atom stereocenters. The van der Waals surface area contributed by atoms with Crippen LogP contribution in [0.5, 0.6) is 0 Å². The number of nitrogens with one attached hydrogen (secondary N) is 1. The highest BCUT2D eigenvalue weighted by Gasteiger charge is 2.22. The van der Waals surface area contributed by atoms with Crippen molar-refractivity contribution in [3.05, 3.63) is 28.5 Å². The van der Waals surface area contributed by atoms with E-state index in [2.05, 4.69) is 53.1 Å². The SMILES string of the molecule is CCNC(Cc1cncc(Br)c1)CC(C)(C)OC. The maximum atomic E-state index is 5.51. The van der Waals surface area contributed by atoms with Gasteiger partial charge in [-0.25, -0.2) is 0 Å². The van der Waals surface area contributed by atoms with Gasteiger partial charge in [-0.2, -0.15) is 0 Å². The smallest absolute Gasteiger partial charge is 0.0637 e. The minimum Gasteiger partial charge on any atom is -0.379 e. The van der Waals surface area contributed by atoms with Gasteiger partial charge in [-0.05, 0) is 60.8 Å². The Morgan fingerprint density at radius 1 is 1.44 bits per heavy atom. The number of methoxy groups -OCH3 is 1. The Morgan fingerprint density at radius 2 is 2.17 bits per heavy atom. The molecule has 0 aromatic carbocycles. The minimum absolute atomic E-state index is 0.105. The molecule has 0 bridgehead atoms. The molecule has 0 saturated heterocycles. The van der Waals surface area contributed by atoms with Gasteiger partial charge in [0.05, 0.1) is 5.60 Å². The average molecular weight is 315 g/mol. The maximum absolute atomic E-state index is 5.51. The predicted molar refractivity (Wildman–Crippen MR) is 78.8 cm³/mol. The van der Waals surface area contributed by atoms with Crippen LogP contribution in [0.2, 0.25) is 0 Å². The van der Waals surface area contributed by atoms with Crippen molar-refractivity contribution in [1.82, 2.24) is 10.3 Å². The standard InChI is InChI=1S/C14H23BrN2O/c1-5-17-13(8-14(2,3)18-4)7-11-6-12(15)10-16-9-11/h6,9-10,13,17H,5,7-8H2,1-4H3. The first-order chi connectivity index (χ1) is 8.46. The molecule has 0 radical (unpaired) electrons. The number of hydrogen-bond donors (Lipinski definition) is 1. The summed E-state index contributed by atoms with van der Waals surface area (Å²) in [6.45, 7) is 7.34. The van der Waals surface area contributed by atoms with E-state index in [-0.39, 0.29) is 5.60 Å². The van der Waals surface area contributed by atoms with E-state index in [1.807, 2.05) is 12.4 Å². The fourth-order valence-corrected chi connectivity index (χ4v) is 2.45. The average Bonchev–Trinajstić information content (AvgIpc) is 2.29. The Kier molecular flexibility index (Phi) is 6.26. The zero-order valence-electron chi connectivity index (χ0n) is 11.7. The van der Waals surface area contributed by atoms with Gasteiger partial charge >= 0.3 is 0 Å². The van der Waals surface area contributed by atoms with E-state index >= 15 is 0 Å². The van der Waals surface area contributed by atoms with E-state index in [0.29, 0.717) is 6.04 Å². The van der Waals surface area contributed by atoms with E-state index in [1.54, 1.807) is 7.11 Å². The van der Waals surface area contributed by atoms with Crippen LogP contribution in [-0.4, -0.2) is 30.3 Å². The zero-order chi connectivity index (χ0) is 13.6. The first-order valence-corrected chi connectivity index (χ1v) is 7.14. The van der Waals surface area contributed by atoms with Gasteiger partial charge in [0, 0.05) is 30.0 Å².